The Morgan fingerprint density at radius 1 is 0.255 bits per heavy atom. The first-order valence-electron chi connectivity index (χ1n) is 46.0. The SMILES string of the molecule is Cc1cc(F)ccc1-n1c(=O)ccc2cnc3ccc(-c4cn[nH]c4)cc3c21.Cc1cn(-c2ccc3ncc4ccc(=O)n(-c5ccc(C)c(C)c5)c4c3c2)cn1.Cc1cn(-c2ccc3ncc4ccc(=O)n(-c5ccc(F)c(C(F)(F)F)c5)c4c3c2)cn1.Cc1cn(-c2ccc3ncc4ccc(=O)n(-c5ccc(F)c(F)c5)c4c3c2)cn1.O=c1ccc2cnc3ccc(-c4cn[nH]c4)cc3c2n1-c1ccc(F)cc1C(F)(F)F. The molecule has 0 fully saturated rings. The summed E-state index contributed by atoms with van der Waals surface area (Å²) in [7, 11) is 0. The maximum atomic E-state index is 13.9. The molecule has 0 amide bonds. The number of nitrogens with one attached hydrogen (secondary N) is 2. The molecule has 0 bridgehead atoms. The Morgan fingerprint density at radius 2 is 0.591 bits per heavy atom. The maximum Gasteiger partial charge on any atom is 0.419 e. The van der Waals surface area contributed by atoms with Crippen LogP contribution in [0.4, 0.5) is 48.3 Å². The summed E-state index contributed by atoms with van der Waals surface area (Å²) in [5, 5.41) is 20.5. The van der Waals surface area contributed by atoms with Gasteiger partial charge in [0.15, 0.2) is 11.6 Å². The van der Waals surface area contributed by atoms with E-state index in [9.17, 15) is 72.3 Å². The van der Waals surface area contributed by atoms with E-state index in [1.165, 1.54) is 64.9 Å². The number of hydrogen-bond donors (Lipinski definition) is 2. The van der Waals surface area contributed by atoms with Crippen LogP contribution in [-0.4, -0.2) is 96.8 Å². The van der Waals surface area contributed by atoms with Gasteiger partial charge in [-0.05, 0) is 257 Å². The number of aromatic amines is 2. The topological polar surface area (TPSA) is 285 Å². The molecular weight excluding hydrogens is 1930 g/mol. The van der Waals surface area contributed by atoms with E-state index in [0.717, 1.165) is 151 Å². The number of aryl methyl sites for hydroxylation is 6. The number of rotatable bonds is 10. The molecule has 0 radical (unpaired) electrons. The molecule has 0 unspecified atom stereocenters. The molecule has 0 saturated heterocycles. The van der Waals surface area contributed by atoms with E-state index in [2.05, 4.69) is 92.3 Å². The predicted octanol–water partition coefficient (Wildman–Crippen LogP) is 23.6. The van der Waals surface area contributed by atoms with Crippen molar-refractivity contribution in [2.75, 3.05) is 0 Å². The first kappa shape index (κ1) is 95.7. The fourth-order valence-corrected chi connectivity index (χ4v) is 18.3. The van der Waals surface area contributed by atoms with Gasteiger partial charge in [0.05, 0.1) is 138 Å². The summed E-state index contributed by atoms with van der Waals surface area (Å²) >= 11 is 0. The lowest BCUT2D eigenvalue weighted by Gasteiger charge is -2.18. The zero-order chi connectivity index (χ0) is 104. The molecule has 15 aromatic heterocycles. The van der Waals surface area contributed by atoms with Crippen LogP contribution in [0.15, 0.2) is 360 Å². The largest absolute Gasteiger partial charge is 0.419 e. The van der Waals surface area contributed by atoms with Crippen molar-refractivity contribution in [1.82, 2.24) is 96.8 Å². The van der Waals surface area contributed by atoms with Crippen LogP contribution in [0.25, 0.3) is 177 Å². The minimum atomic E-state index is -4.90. The van der Waals surface area contributed by atoms with E-state index in [1.54, 1.807) is 137 Å². The Labute approximate surface area is 833 Å². The Kier molecular flexibility index (Phi) is 24.7. The molecule has 2 N–H and O–H groups in total. The van der Waals surface area contributed by atoms with Gasteiger partial charge in [-0.25, -0.2) is 36.9 Å². The second kappa shape index (κ2) is 38.4. The van der Waals surface area contributed by atoms with Crippen molar-refractivity contribution in [2.24, 2.45) is 0 Å². The fraction of sp³-hybridized carbons (Fsp3) is 0.0708. The average molecular weight is 2000 g/mol. The van der Waals surface area contributed by atoms with Crippen LogP contribution in [0, 0.1) is 70.6 Å². The molecule has 0 aliphatic heterocycles. The van der Waals surface area contributed by atoms with Crippen molar-refractivity contribution < 1.29 is 48.3 Å². The summed E-state index contributed by atoms with van der Waals surface area (Å²) in [6, 6.07) is 62.3. The lowest BCUT2D eigenvalue weighted by Crippen LogP contribution is -2.21. The Morgan fingerprint density at radius 3 is 0.953 bits per heavy atom. The molecule has 0 saturated carbocycles. The second-order valence-corrected chi connectivity index (χ2v) is 35.3. The van der Waals surface area contributed by atoms with Crippen LogP contribution in [0.3, 0.4) is 0 Å². The highest BCUT2D eigenvalue weighted by Gasteiger charge is 2.37. The van der Waals surface area contributed by atoms with Gasteiger partial charge in [-0.15, -0.1) is 0 Å². The highest BCUT2D eigenvalue weighted by Crippen LogP contribution is 2.41. The van der Waals surface area contributed by atoms with Crippen LogP contribution < -0.4 is 27.8 Å². The zero-order valence-corrected chi connectivity index (χ0v) is 79.0. The number of H-pyrrole nitrogens is 2. The summed E-state index contributed by atoms with van der Waals surface area (Å²) in [4.78, 5) is 99.4. The van der Waals surface area contributed by atoms with E-state index < -0.39 is 63.6 Å². The van der Waals surface area contributed by atoms with Crippen LogP contribution in [-0.2, 0) is 12.4 Å². The Bertz CT molecular complexity index is 9820. The first-order chi connectivity index (χ1) is 71.7. The smallest absolute Gasteiger partial charge is 0.306 e. The summed E-state index contributed by atoms with van der Waals surface area (Å²) in [6.07, 6.45) is 16.2. The van der Waals surface area contributed by atoms with Crippen LogP contribution in [0.1, 0.15) is 44.9 Å². The van der Waals surface area contributed by atoms with Gasteiger partial charge in [-0.3, -0.25) is 81.9 Å². The quantitative estimate of drug-likeness (QED) is 0.0950. The summed E-state index contributed by atoms with van der Waals surface area (Å²) in [5.74, 6) is -4.76. The Hall–Kier alpha value is -19.4. The van der Waals surface area contributed by atoms with Crippen molar-refractivity contribution in [3.63, 3.8) is 0 Å². The number of benzene rings is 10. The molecular formula is C113H75F11N20O5. The van der Waals surface area contributed by atoms with Crippen molar-refractivity contribution >= 4 is 109 Å². The first-order valence-corrected chi connectivity index (χ1v) is 46.0. The number of nitrogens with zero attached hydrogens (tertiary/aromatic N) is 18. The molecule has 0 atom stereocenters. The number of pyridine rings is 10. The molecule has 149 heavy (non-hydrogen) atoms. The molecule has 36 heteroatoms. The number of halogens is 11. The van der Waals surface area contributed by atoms with E-state index in [0.29, 0.717) is 89.4 Å². The number of imidazole rings is 3. The number of alkyl halides is 6. The molecule has 0 aliphatic carbocycles. The van der Waals surface area contributed by atoms with Gasteiger partial charge < -0.3 is 13.7 Å². The van der Waals surface area contributed by atoms with Crippen LogP contribution >= 0.6 is 0 Å². The number of fused-ring (bicyclic) bond motifs is 15. The van der Waals surface area contributed by atoms with Gasteiger partial charge in [0, 0.05) is 186 Å². The Balaban J connectivity index is 0.000000109. The molecule has 15 heterocycles. The number of hydrogen-bond acceptors (Lipinski definition) is 15. The van der Waals surface area contributed by atoms with Gasteiger partial charge in [-0.2, -0.15) is 36.5 Å². The lowest BCUT2D eigenvalue weighted by atomic mass is 10.0. The highest BCUT2D eigenvalue weighted by atomic mass is 19.4. The normalized spacial score (nSPS) is 11.7. The van der Waals surface area contributed by atoms with E-state index in [1.807, 2.05) is 128 Å². The van der Waals surface area contributed by atoms with Crippen molar-refractivity contribution in [1.29, 1.82) is 0 Å². The van der Waals surface area contributed by atoms with E-state index in [-0.39, 0.29) is 39.4 Å². The molecule has 734 valence electrons. The van der Waals surface area contributed by atoms with Gasteiger partial charge in [0.1, 0.15) is 17.5 Å². The van der Waals surface area contributed by atoms with E-state index in [4.69, 9.17) is 0 Å². The highest BCUT2D eigenvalue weighted by molar-refractivity contribution is 6.10. The third-order valence-electron chi connectivity index (χ3n) is 25.6. The summed E-state index contributed by atoms with van der Waals surface area (Å²) < 4.78 is 162. The second-order valence-electron chi connectivity index (χ2n) is 35.3. The summed E-state index contributed by atoms with van der Waals surface area (Å²) in [6.45, 7) is 11.6. The van der Waals surface area contributed by atoms with E-state index >= 15 is 0 Å². The molecule has 25 rings (SSSR count). The van der Waals surface area contributed by atoms with Gasteiger partial charge >= 0.3 is 12.4 Å². The third kappa shape index (κ3) is 18.5. The maximum absolute atomic E-state index is 13.9. The fourth-order valence-electron chi connectivity index (χ4n) is 18.3. The minimum absolute atomic E-state index is 0.0582. The average Bonchev–Trinajstić information content (AvgIpc) is 1.35. The minimum Gasteiger partial charge on any atom is -0.306 e. The lowest BCUT2D eigenvalue weighted by molar-refractivity contribution is -0.140. The van der Waals surface area contributed by atoms with Gasteiger partial charge in [0.2, 0.25) is 0 Å². The molecule has 25 aromatic rings. The van der Waals surface area contributed by atoms with Crippen molar-refractivity contribution in [3.05, 3.63) is 462 Å². The summed E-state index contributed by atoms with van der Waals surface area (Å²) in [5.41, 5.74) is 14.6. The molecule has 10 aromatic carbocycles. The number of aromatic nitrogens is 20. The molecule has 25 nitrogen and oxygen atoms in total. The van der Waals surface area contributed by atoms with Crippen molar-refractivity contribution in [2.45, 2.75) is 53.9 Å². The molecule has 0 spiro atoms. The zero-order valence-electron chi connectivity index (χ0n) is 79.0. The third-order valence-corrected chi connectivity index (χ3v) is 25.6. The van der Waals surface area contributed by atoms with Crippen LogP contribution in [0.5, 0.6) is 0 Å². The van der Waals surface area contributed by atoms with Crippen molar-refractivity contribution in [3.8, 4) is 67.8 Å². The van der Waals surface area contributed by atoms with Gasteiger partial charge in [-0.1, -0.05) is 18.2 Å². The standard InChI is InChI=1S/C24H20N4O.C23H14F4N4O.C22H12F4N4O.C22H14F2N4O.C22H15FN4O/c1-15-4-6-20(10-16(15)2)28-23(29)9-5-18-12-25-22-8-7-19(11-21(22)24(18)28)27-13-17(3)26-14-27;1-13-11-30(12-29-13)15-4-6-20-17(8-15)22-14(10-28-20)2-7-21(32)31(22)16-3-5-19(24)18(9-16)23(25,26)27;23-15-3-5-19(17(8-15)22(24,25)26)30-20(31)6-2-13-9-27-18-4-1-12(7-16(18)21(13)30)14-10-28-29-11-14;1-13-11-27(12-26-13)15-4-6-20-17(8-15)22-14(10-25-20)2-7-21(29)28(22)16-3-5-18(23)19(24)9-16;1-13-8-17(23)4-6-20(13)27-21(28)7-3-15-10-24-19-5-2-14(9-18(19)22(15)27)16-11-25-26-12-16/h4-14H,1-3H3;2-12H,1H3;1-11H,(H,28,29);2-12H,1H3;2-12H,1H3,(H,25,26). The monoisotopic (exact) mass is 2000 g/mol. The predicted molar refractivity (Wildman–Crippen MR) is 549 cm³/mol. The molecule has 0 aliphatic rings. The van der Waals surface area contributed by atoms with Crippen LogP contribution in [0.2, 0.25) is 0 Å². The van der Waals surface area contributed by atoms with Gasteiger partial charge in [0.25, 0.3) is 27.8 Å².